The summed E-state index contributed by atoms with van der Waals surface area (Å²) in [6, 6.07) is 0. The highest BCUT2D eigenvalue weighted by Crippen LogP contribution is 2.26. The summed E-state index contributed by atoms with van der Waals surface area (Å²) in [6.07, 6.45) is 3.26. The molecule has 2 saturated heterocycles. The Labute approximate surface area is 85.2 Å². The van der Waals surface area contributed by atoms with Crippen molar-refractivity contribution in [2.45, 2.75) is 12.8 Å². The van der Waals surface area contributed by atoms with Crippen LogP contribution in [0.4, 0.5) is 0 Å². The number of hydrogen-bond donors (Lipinski definition) is 1. The average Bonchev–Trinajstić information content (AvgIpc) is 2.72. The van der Waals surface area contributed by atoms with E-state index in [-0.39, 0.29) is 0 Å². The Balaban J connectivity index is 1.83. The van der Waals surface area contributed by atoms with Crippen LogP contribution in [0.25, 0.3) is 0 Å². The number of carbonyl (C=O) groups excluding carboxylic acids is 1. The van der Waals surface area contributed by atoms with Crippen LogP contribution < -0.4 is 5.32 Å². The fourth-order valence-corrected chi connectivity index (χ4v) is 2.44. The molecule has 2 heterocycles. The normalized spacial score (nSPS) is 30.4. The molecule has 2 aliphatic rings. The van der Waals surface area contributed by atoms with Gasteiger partial charge in [-0.2, -0.15) is 0 Å². The van der Waals surface area contributed by atoms with Gasteiger partial charge in [0.1, 0.15) is 0 Å². The third-order valence-corrected chi connectivity index (χ3v) is 3.30. The molecule has 0 aliphatic carbocycles. The van der Waals surface area contributed by atoms with E-state index in [0.717, 1.165) is 32.6 Å². The van der Waals surface area contributed by atoms with Crippen LogP contribution in [-0.2, 0) is 4.79 Å². The van der Waals surface area contributed by atoms with Gasteiger partial charge in [-0.1, -0.05) is 6.08 Å². The first kappa shape index (κ1) is 9.71. The lowest BCUT2D eigenvalue weighted by Crippen LogP contribution is -2.31. The second-order valence-corrected chi connectivity index (χ2v) is 4.30. The topological polar surface area (TPSA) is 32.3 Å². The van der Waals surface area contributed by atoms with Gasteiger partial charge in [0.15, 0.2) is 0 Å². The fraction of sp³-hybridized carbons (Fsp3) is 0.727. The van der Waals surface area contributed by atoms with Crippen LogP contribution in [0.1, 0.15) is 12.8 Å². The molecule has 1 amide bonds. The van der Waals surface area contributed by atoms with Crippen molar-refractivity contribution in [1.82, 2.24) is 10.2 Å². The molecule has 0 saturated carbocycles. The van der Waals surface area contributed by atoms with Gasteiger partial charge in [0.25, 0.3) is 0 Å². The summed E-state index contributed by atoms with van der Waals surface area (Å²) in [6.45, 7) is 7.75. The molecule has 2 rings (SSSR count). The molecule has 0 unspecified atom stereocenters. The zero-order valence-corrected chi connectivity index (χ0v) is 8.54. The van der Waals surface area contributed by atoms with E-state index in [2.05, 4.69) is 11.9 Å². The van der Waals surface area contributed by atoms with Crippen molar-refractivity contribution in [3.8, 4) is 0 Å². The highest BCUT2D eigenvalue weighted by atomic mass is 16.2. The van der Waals surface area contributed by atoms with Crippen LogP contribution >= 0.6 is 0 Å². The van der Waals surface area contributed by atoms with E-state index in [1.807, 2.05) is 11.0 Å². The first-order chi connectivity index (χ1) is 6.81. The van der Waals surface area contributed by atoms with Crippen molar-refractivity contribution in [2.75, 3.05) is 26.2 Å². The smallest absolute Gasteiger partial charge is 0.222 e. The van der Waals surface area contributed by atoms with E-state index in [9.17, 15) is 4.79 Å². The standard InChI is InChI=1S/C11H18N2O/c1-2-3-4-11(14)13-7-9-5-12-6-10(9)8-13/h2,9-10,12H,1,3-8H2/t9-,10+. The quantitative estimate of drug-likeness (QED) is 0.668. The lowest BCUT2D eigenvalue weighted by Gasteiger charge is -2.16. The highest BCUT2D eigenvalue weighted by Gasteiger charge is 2.37. The SMILES string of the molecule is C=CCCC(=O)N1C[C@H]2CNC[C@H]2C1. The van der Waals surface area contributed by atoms with Crippen molar-refractivity contribution < 1.29 is 4.79 Å². The molecule has 0 radical (unpaired) electrons. The third-order valence-electron chi connectivity index (χ3n) is 3.30. The Morgan fingerprint density at radius 2 is 2.07 bits per heavy atom. The molecule has 2 aliphatic heterocycles. The molecule has 78 valence electrons. The van der Waals surface area contributed by atoms with Gasteiger partial charge in [0.05, 0.1) is 0 Å². The summed E-state index contributed by atoms with van der Waals surface area (Å²) in [7, 11) is 0. The summed E-state index contributed by atoms with van der Waals surface area (Å²) < 4.78 is 0. The first-order valence-electron chi connectivity index (χ1n) is 5.40. The van der Waals surface area contributed by atoms with Gasteiger partial charge in [-0.05, 0) is 18.3 Å². The number of rotatable bonds is 3. The molecule has 0 spiro atoms. The fourth-order valence-electron chi connectivity index (χ4n) is 2.44. The van der Waals surface area contributed by atoms with Crippen molar-refractivity contribution >= 4 is 5.91 Å². The first-order valence-corrected chi connectivity index (χ1v) is 5.40. The van der Waals surface area contributed by atoms with Crippen LogP contribution in [-0.4, -0.2) is 37.0 Å². The van der Waals surface area contributed by atoms with Gasteiger partial charge in [0, 0.05) is 32.6 Å². The van der Waals surface area contributed by atoms with Crippen molar-refractivity contribution in [3.05, 3.63) is 12.7 Å². The summed E-state index contributed by atoms with van der Waals surface area (Å²) in [4.78, 5) is 13.7. The molecule has 0 bridgehead atoms. The Morgan fingerprint density at radius 3 is 2.64 bits per heavy atom. The zero-order valence-electron chi connectivity index (χ0n) is 8.54. The van der Waals surface area contributed by atoms with Crippen LogP contribution in [0, 0.1) is 11.8 Å². The zero-order chi connectivity index (χ0) is 9.97. The van der Waals surface area contributed by atoms with Gasteiger partial charge in [-0.15, -0.1) is 6.58 Å². The molecular formula is C11H18N2O. The summed E-state index contributed by atoms with van der Waals surface area (Å²) >= 11 is 0. The Morgan fingerprint density at radius 1 is 1.43 bits per heavy atom. The minimum absolute atomic E-state index is 0.305. The second-order valence-electron chi connectivity index (χ2n) is 4.30. The Bertz CT molecular complexity index is 227. The minimum atomic E-state index is 0.305. The number of amides is 1. The van der Waals surface area contributed by atoms with Crippen molar-refractivity contribution in [1.29, 1.82) is 0 Å². The van der Waals surface area contributed by atoms with Gasteiger partial charge in [-0.25, -0.2) is 0 Å². The van der Waals surface area contributed by atoms with E-state index in [1.54, 1.807) is 0 Å². The summed E-state index contributed by atoms with van der Waals surface area (Å²) in [5, 5.41) is 3.37. The van der Waals surface area contributed by atoms with Gasteiger partial charge in [0.2, 0.25) is 5.91 Å². The summed E-state index contributed by atoms with van der Waals surface area (Å²) in [5.41, 5.74) is 0. The van der Waals surface area contributed by atoms with Crippen LogP contribution in [0.3, 0.4) is 0 Å². The number of hydrogen-bond acceptors (Lipinski definition) is 2. The summed E-state index contributed by atoms with van der Waals surface area (Å²) in [5.74, 6) is 1.73. The number of fused-ring (bicyclic) bond motifs is 1. The van der Waals surface area contributed by atoms with E-state index in [0.29, 0.717) is 24.2 Å². The van der Waals surface area contributed by atoms with E-state index in [4.69, 9.17) is 0 Å². The van der Waals surface area contributed by atoms with Crippen LogP contribution in [0.5, 0.6) is 0 Å². The Kier molecular flexibility index (Phi) is 2.87. The van der Waals surface area contributed by atoms with Crippen molar-refractivity contribution in [2.24, 2.45) is 11.8 Å². The van der Waals surface area contributed by atoms with E-state index < -0.39 is 0 Å². The van der Waals surface area contributed by atoms with Crippen LogP contribution in [0.15, 0.2) is 12.7 Å². The molecule has 0 aromatic carbocycles. The maximum absolute atomic E-state index is 11.7. The maximum atomic E-state index is 11.7. The predicted molar refractivity (Wildman–Crippen MR) is 55.9 cm³/mol. The highest BCUT2D eigenvalue weighted by molar-refractivity contribution is 5.76. The third kappa shape index (κ3) is 1.82. The number of nitrogens with one attached hydrogen (secondary N) is 1. The molecule has 0 aromatic rings. The molecule has 3 heteroatoms. The minimum Gasteiger partial charge on any atom is -0.342 e. The Hall–Kier alpha value is -0.830. The molecule has 2 fully saturated rings. The lowest BCUT2D eigenvalue weighted by atomic mass is 10.0. The van der Waals surface area contributed by atoms with Gasteiger partial charge >= 0.3 is 0 Å². The second kappa shape index (κ2) is 4.13. The molecule has 2 atom stereocenters. The largest absolute Gasteiger partial charge is 0.342 e. The van der Waals surface area contributed by atoms with Crippen LogP contribution in [0.2, 0.25) is 0 Å². The van der Waals surface area contributed by atoms with Gasteiger partial charge in [-0.3, -0.25) is 4.79 Å². The van der Waals surface area contributed by atoms with E-state index in [1.165, 1.54) is 0 Å². The molecule has 14 heavy (non-hydrogen) atoms. The molecular weight excluding hydrogens is 176 g/mol. The molecule has 3 nitrogen and oxygen atoms in total. The molecule has 0 aromatic heterocycles. The maximum Gasteiger partial charge on any atom is 0.222 e. The predicted octanol–water partition coefficient (Wildman–Crippen LogP) is 0.630. The van der Waals surface area contributed by atoms with Crippen molar-refractivity contribution in [3.63, 3.8) is 0 Å². The number of likely N-dealkylation sites (tertiary alicyclic amines) is 1. The number of nitrogens with zero attached hydrogens (tertiary/aromatic N) is 1. The average molecular weight is 194 g/mol. The lowest BCUT2D eigenvalue weighted by molar-refractivity contribution is -0.130. The monoisotopic (exact) mass is 194 g/mol. The number of allylic oxidation sites excluding steroid dienone is 1. The van der Waals surface area contributed by atoms with E-state index >= 15 is 0 Å². The number of carbonyl (C=O) groups is 1. The molecule has 1 N–H and O–H groups in total. The van der Waals surface area contributed by atoms with Gasteiger partial charge < -0.3 is 10.2 Å².